The Kier molecular flexibility index (Phi) is 6.80. The van der Waals surface area contributed by atoms with Crippen molar-refractivity contribution in [1.82, 2.24) is 14.3 Å². The van der Waals surface area contributed by atoms with E-state index in [4.69, 9.17) is 4.74 Å². The first kappa shape index (κ1) is 21.9. The van der Waals surface area contributed by atoms with Crippen LogP contribution in [0.25, 0.3) is 11.3 Å². The van der Waals surface area contributed by atoms with Gasteiger partial charge in [-0.25, -0.2) is 8.42 Å². The average Bonchev–Trinajstić information content (AvgIpc) is 3.27. The number of carbonyl (C=O) groups is 1. The number of nitrogens with one attached hydrogen (secondary N) is 2. The van der Waals surface area contributed by atoms with Crippen LogP contribution >= 0.6 is 11.5 Å². The first-order valence-electron chi connectivity index (χ1n) is 9.15. The number of benzene rings is 2. The van der Waals surface area contributed by atoms with Crippen molar-refractivity contribution < 1.29 is 17.9 Å². The maximum Gasteiger partial charge on any atom is 0.242 e. The monoisotopic (exact) mass is 446 g/mol. The number of anilines is 1. The Balaban J connectivity index is 1.72. The highest BCUT2D eigenvalue weighted by Gasteiger charge is 2.28. The first-order valence-corrected chi connectivity index (χ1v) is 11.5. The first-order chi connectivity index (χ1) is 14.3. The molecule has 1 aromatic heterocycles. The number of amides is 1. The summed E-state index contributed by atoms with van der Waals surface area (Å²) in [6, 6.07) is 12.1. The molecule has 0 saturated carbocycles. The van der Waals surface area contributed by atoms with Gasteiger partial charge in [0, 0.05) is 16.6 Å². The van der Waals surface area contributed by atoms with Gasteiger partial charge in [-0.1, -0.05) is 30.5 Å². The average molecular weight is 447 g/mol. The lowest BCUT2D eigenvalue weighted by Crippen LogP contribution is -2.47. The number of nitrogens with zero attached hydrogens (tertiary/aromatic N) is 2. The van der Waals surface area contributed by atoms with Gasteiger partial charge in [-0.3, -0.25) is 4.79 Å². The van der Waals surface area contributed by atoms with Gasteiger partial charge in [0.05, 0.1) is 12.0 Å². The number of rotatable bonds is 8. The number of carbonyl (C=O) groups excluding carboxylic acids is 1. The summed E-state index contributed by atoms with van der Waals surface area (Å²) in [6.45, 7) is 3.55. The van der Waals surface area contributed by atoms with E-state index in [1.807, 2.05) is 17.5 Å². The lowest BCUT2D eigenvalue weighted by Gasteiger charge is -2.22. The second-order valence-electron chi connectivity index (χ2n) is 6.88. The van der Waals surface area contributed by atoms with E-state index in [9.17, 15) is 13.2 Å². The van der Waals surface area contributed by atoms with Crippen LogP contribution in [0.1, 0.15) is 13.8 Å². The van der Waals surface area contributed by atoms with E-state index < -0.39 is 22.0 Å². The topological polar surface area (TPSA) is 110 Å². The van der Waals surface area contributed by atoms with E-state index in [0.717, 1.165) is 11.3 Å². The summed E-state index contributed by atoms with van der Waals surface area (Å²) in [6.07, 6.45) is 0. The third kappa shape index (κ3) is 5.21. The summed E-state index contributed by atoms with van der Waals surface area (Å²) in [5.41, 5.74) is 2.19. The maximum atomic E-state index is 12.8. The Morgan fingerprint density at radius 1 is 1.07 bits per heavy atom. The second kappa shape index (κ2) is 9.33. The zero-order valence-electron chi connectivity index (χ0n) is 16.7. The number of methoxy groups -OCH3 is 1. The summed E-state index contributed by atoms with van der Waals surface area (Å²) in [5.74, 6) is -0.160. The molecule has 1 atom stereocenters. The fourth-order valence-corrected chi connectivity index (χ4v) is 4.53. The van der Waals surface area contributed by atoms with Gasteiger partial charge in [0.15, 0.2) is 0 Å². The summed E-state index contributed by atoms with van der Waals surface area (Å²) >= 11 is 1.26. The molecular formula is C20H22N4O4S2. The molecule has 8 nitrogen and oxygen atoms in total. The predicted octanol–water partition coefficient (Wildman–Crippen LogP) is 3.16. The highest BCUT2D eigenvalue weighted by Crippen LogP contribution is 2.21. The van der Waals surface area contributed by atoms with E-state index >= 15 is 0 Å². The van der Waals surface area contributed by atoms with Crippen LogP contribution < -0.4 is 14.8 Å². The largest absolute Gasteiger partial charge is 0.497 e. The molecule has 0 saturated heterocycles. The van der Waals surface area contributed by atoms with Crippen molar-refractivity contribution in [3.05, 3.63) is 53.9 Å². The van der Waals surface area contributed by atoms with Gasteiger partial charge in [0.25, 0.3) is 0 Å². The van der Waals surface area contributed by atoms with Crippen LogP contribution in [0, 0.1) is 5.92 Å². The molecule has 0 unspecified atom stereocenters. The van der Waals surface area contributed by atoms with Gasteiger partial charge < -0.3 is 10.1 Å². The highest BCUT2D eigenvalue weighted by atomic mass is 32.2. The van der Waals surface area contributed by atoms with Crippen LogP contribution in [0.15, 0.2) is 58.8 Å². The normalized spacial score (nSPS) is 12.5. The SMILES string of the molecule is COc1ccc(S(=O)(=O)N[C@H](C(=O)Nc2ccc(-c3csnn3)cc2)C(C)C)cc1. The molecular weight excluding hydrogens is 424 g/mol. The Morgan fingerprint density at radius 3 is 2.27 bits per heavy atom. The number of hydrogen-bond acceptors (Lipinski definition) is 7. The van der Waals surface area contributed by atoms with Gasteiger partial charge in [0.1, 0.15) is 17.5 Å². The van der Waals surface area contributed by atoms with Gasteiger partial charge in [0.2, 0.25) is 15.9 Å². The Labute approximate surface area is 179 Å². The molecule has 0 aliphatic rings. The molecule has 2 N–H and O–H groups in total. The minimum atomic E-state index is -3.88. The molecule has 2 aromatic carbocycles. The molecule has 158 valence electrons. The van der Waals surface area contributed by atoms with Crippen molar-refractivity contribution in [2.75, 3.05) is 12.4 Å². The smallest absolute Gasteiger partial charge is 0.242 e. The molecule has 0 radical (unpaired) electrons. The molecule has 0 bridgehead atoms. The lowest BCUT2D eigenvalue weighted by molar-refractivity contribution is -0.118. The number of hydrogen-bond donors (Lipinski definition) is 2. The third-order valence-electron chi connectivity index (χ3n) is 4.41. The zero-order valence-corrected chi connectivity index (χ0v) is 18.3. The quantitative estimate of drug-likeness (QED) is 0.550. The molecule has 30 heavy (non-hydrogen) atoms. The maximum absolute atomic E-state index is 12.8. The molecule has 1 amide bonds. The minimum absolute atomic E-state index is 0.0583. The van der Waals surface area contributed by atoms with E-state index in [0.29, 0.717) is 11.4 Å². The number of ether oxygens (including phenoxy) is 1. The summed E-state index contributed by atoms with van der Waals surface area (Å²) in [4.78, 5) is 12.9. The molecule has 3 aromatic rings. The standard InChI is InChI=1S/C20H22N4O4S2/c1-13(2)19(23-30(26,27)17-10-8-16(28-3)9-11-17)20(25)21-15-6-4-14(5-7-15)18-12-29-24-22-18/h4-13,19,23H,1-3H3,(H,21,25)/t19-/m0/s1. The van der Waals surface area contributed by atoms with E-state index in [1.165, 1.54) is 30.8 Å². The van der Waals surface area contributed by atoms with Gasteiger partial charge in [-0.15, -0.1) is 5.10 Å². The van der Waals surface area contributed by atoms with Gasteiger partial charge >= 0.3 is 0 Å². The van der Waals surface area contributed by atoms with Crippen molar-refractivity contribution >= 4 is 33.2 Å². The lowest BCUT2D eigenvalue weighted by atomic mass is 10.0. The molecule has 0 aliphatic heterocycles. The molecule has 1 heterocycles. The predicted molar refractivity (Wildman–Crippen MR) is 116 cm³/mol. The molecule has 3 rings (SSSR count). The van der Waals surface area contributed by atoms with E-state index in [2.05, 4.69) is 19.6 Å². The highest BCUT2D eigenvalue weighted by molar-refractivity contribution is 7.89. The van der Waals surface area contributed by atoms with Gasteiger partial charge in [-0.05, 0) is 53.8 Å². The molecule has 0 fully saturated rings. The van der Waals surface area contributed by atoms with Crippen LogP contribution in [-0.2, 0) is 14.8 Å². The number of aromatic nitrogens is 2. The van der Waals surface area contributed by atoms with Crippen molar-refractivity contribution in [2.45, 2.75) is 24.8 Å². The minimum Gasteiger partial charge on any atom is -0.497 e. The van der Waals surface area contributed by atoms with Crippen LogP contribution in [0.3, 0.4) is 0 Å². The summed E-state index contributed by atoms with van der Waals surface area (Å²) in [7, 11) is -2.38. The van der Waals surface area contributed by atoms with Gasteiger partial charge in [-0.2, -0.15) is 4.72 Å². The van der Waals surface area contributed by atoms with Crippen molar-refractivity contribution in [1.29, 1.82) is 0 Å². The Hall–Kier alpha value is -2.82. The Bertz CT molecular complexity index is 1080. The fourth-order valence-electron chi connectivity index (χ4n) is 2.72. The fraction of sp³-hybridized carbons (Fsp3) is 0.250. The van der Waals surface area contributed by atoms with Crippen LogP contribution in [-0.4, -0.2) is 37.1 Å². The summed E-state index contributed by atoms with van der Waals surface area (Å²) < 4.78 is 36.9. The molecule has 0 spiro atoms. The van der Waals surface area contributed by atoms with Crippen molar-refractivity contribution in [3.8, 4) is 17.0 Å². The van der Waals surface area contributed by atoms with Crippen molar-refractivity contribution in [2.24, 2.45) is 5.92 Å². The van der Waals surface area contributed by atoms with E-state index in [-0.39, 0.29) is 10.8 Å². The third-order valence-corrected chi connectivity index (χ3v) is 6.37. The van der Waals surface area contributed by atoms with Crippen LogP contribution in [0.2, 0.25) is 0 Å². The Morgan fingerprint density at radius 2 is 1.73 bits per heavy atom. The zero-order chi connectivity index (χ0) is 21.7. The molecule has 10 heteroatoms. The summed E-state index contributed by atoms with van der Waals surface area (Å²) in [5, 5.41) is 8.60. The van der Waals surface area contributed by atoms with Crippen molar-refractivity contribution in [3.63, 3.8) is 0 Å². The van der Waals surface area contributed by atoms with Crippen LogP contribution in [0.5, 0.6) is 5.75 Å². The van der Waals surface area contributed by atoms with E-state index in [1.54, 1.807) is 38.1 Å². The molecule has 0 aliphatic carbocycles. The second-order valence-corrected chi connectivity index (χ2v) is 9.20. The van der Waals surface area contributed by atoms with Crippen LogP contribution in [0.4, 0.5) is 5.69 Å². The number of sulfonamides is 1.